The van der Waals surface area contributed by atoms with Crippen LogP contribution in [0.2, 0.25) is 0 Å². The molecule has 0 spiro atoms. The molecule has 1 amide bonds. The van der Waals surface area contributed by atoms with Gasteiger partial charge in [-0.3, -0.25) is 14.7 Å². The van der Waals surface area contributed by atoms with E-state index in [-0.39, 0.29) is 0 Å². The van der Waals surface area contributed by atoms with Crippen molar-refractivity contribution in [1.82, 2.24) is 9.88 Å². The normalized spacial score (nSPS) is 31.7. The summed E-state index contributed by atoms with van der Waals surface area (Å²) in [6.45, 7) is 4.68. The fraction of sp³-hybridized carbons (Fsp3) is 0.500. The van der Waals surface area contributed by atoms with Crippen LogP contribution in [0.4, 0.5) is 0 Å². The summed E-state index contributed by atoms with van der Waals surface area (Å²) in [5.41, 5.74) is 7.55. The van der Waals surface area contributed by atoms with Gasteiger partial charge in [0.2, 0.25) is 0 Å². The van der Waals surface area contributed by atoms with Crippen LogP contribution < -0.4 is 5.73 Å². The number of rotatable bonds is 2. The second-order valence-electron chi connectivity index (χ2n) is 6.26. The predicted molar refractivity (Wildman–Crippen MR) is 79.0 cm³/mol. The van der Waals surface area contributed by atoms with Gasteiger partial charge >= 0.3 is 0 Å². The molecule has 0 aromatic carbocycles. The number of carbonyl (C=O) groups is 1. The van der Waals surface area contributed by atoms with E-state index in [0.717, 1.165) is 11.1 Å². The quantitative estimate of drug-likeness (QED) is 0.917. The average Bonchev–Trinajstić information content (AvgIpc) is 2.91. The van der Waals surface area contributed by atoms with E-state index < -0.39 is 5.91 Å². The van der Waals surface area contributed by atoms with Crippen LogP contribution in [0.25, 0.3) is 11.0 Å². The summed E-state index contributed by atoms with van der Waals surface area (Å²) in [6.07, 6.45) is 5.63. The number of fused-ring (bicyclic) bond motifs is 4. The number of carbonyl (C=O) groups excluding carboxylic acids is 1. The minimum atomic E-state index is -0.451. The van der Waals surface area contributed by atoms with Crippen molar-refractivity contribution in [3.05, 3.63) is 29.8 Å². The van der Waals surface area contributed by atoms with Gasteiger partial charge in [0.05, 0.1) is 11.8 Å². The lowest BCUT2D eigenvalue weighted by Gasteiger charge is -2.49. The first-order chi connectivity index (χ1) is 10.1. The summed E-state index contributed by atoms with van der Waals surface area (Å²) in [5.74, 6) is 0.680. The fourth-order valence-electron chi connectivity index (χ4n) is 4.12. The van der Waals surface area contributed by atoms with Crippen molar-refractivity contribution in [2.75, 3.05) is 13.1 Å². The number of piperidine rings is 3. The summed E-state index contributed by atoms with van der Waals surface area (Å²) in [4.78, 5) is 18.6. The van der Waals surface area contributed by atoms with Crippen LogP contribution in [0.3, 0.4) is 0 Å². The number of nitrogens with two attached hydrogens (primary N) is 1. The third-order valence-corrected chi connectivity index (χ3v) is 5.27. The van der Waals surface area contributed by atoms with Gasteiger partial charge in [-0.2, -0.15) is 0 Å². The number of hydrogen-bond donors (Lipinski definition) is 1. The molecule has 0 radical (unpaired) electrons. The lowest BCUT2D eigenvalue weighted by Crippen LogP contribution is -2.52. The summed E-state index contributed by atoms with van der Waals surface area (Å²) in [7, 11) is 0. The largest absolute Gasteiger partial charge is 0.462 e. The first kappa shape index (κ1) is 12.8. The van der Waals surface area contributed by atoms with Gasteiger partial charge in [-0.05, 0) is 44.8 Å². The van der Waals surface area contributed by atoms with Crippen LogP contribution in [0.5, 0.6) is 0 Å². The maximum atomic E-state index is 11.5. The molecular formula is C16H19N3O2. The smallest absolute Gasteiger partial charge is 0.252 e. The molecule has 5 nitrogen and oxygen atoms in total. The Labute approximate surface area is 123 Å². The van der Waals surface area contributed by atoms with E-state index in [1.807, 2.05) is 6.07 Å². The Hall–Kier alpha value is -1.88. The molecule has 0 unspecified atom stereocenters. The summed E-state index contributed by atoms with van der Waals surface area (Å²) in [5, 5.41) is 0.788. The van der Waals surface area contributed by atoms with Crippen LogP contribution in [0.1, 0.15) is 41.7 Å². The number of amides is 1. The Kier molecular flexibility index (Phi) is 2.79. The standard InChI is InChI=1S/C16H19N3O2/c1-9-15(10-2-4-19(9)5-3-10)13-6-11-12(16(17)20)8-21-14(11)7-18-13/h6-10,15H,2-5H2,1H3,(H2,17,20)/t9-,15-/m0/s1. The van der Waals surface area contributed by atoms with Gasteiger partial charge in [0.1, 0.15) is 6.26 Å². The number of hydrogen-bond acceptors (Lipinski definition) is 4. The summed E-state index contributed by atoms with van der Waals surface area (Å²) < 4.78 is 5.37. The van der Waals surface area contributed by atoms with Crippen molar-refractivity contribution in [1.29, 1.82) is 0 Å². The van der Waals surface area contributed by atoms with Gasteiger partial charge in [-0.25, -0.2) is 0 Å². The van der Waals surface area contributed by atoms with Crippen LogP contribution in [0, 0.1) is 5.92 Å². The van der Waals surface area contributed by atoms with Crippen molar-refractivity contribution in [3.8, 4) is 0 Å². The van der Waals surface area contributed by atoms with Crippen molar-refractivity contribution < 1.29 is 9.21 Å². The minimum absolute atomic E-state index is 0.438. The van der Waals surface area contributed by atoms with Crippen molar-refractivity contribution in [2.24, 2.45) is 11.7 Å². The Balaban J connectivity index is 1.79. The number of nitrogens with zero attached hydrogens (tertiary/aromatic N) is 2. The highest BCUT2D eigenvalue weighted by Gasteiger charge is 2.41. The molecule has 3 fully saturated rings. The van der Waals surface area contributed by atoms with E-state index in [1.165, 1.54) is 32.2 Å². The Bertz CT molecular complexity index is 699. The minimum Gasteiger partial charge on any atom is -0.462 e. The Morgan fingerprint density at radius 1 is 1.43 bits per heavy atom. The van der Waals surface area contributed by atoms with Gasteiger partial charge in [-0.15, -0.1) is 0 Å². The van der Waals surface area contributed by atoms with Gasteiger partial charge in [-0.1, -0.05) is 0 Å². The van der Waals surface area contributed by atoms with Gasteiger partial charge in [0, 0.05) is 23.0 Å². The molecule has 21 heavy (non-hydrogen) atoms. The topological polar surface area (TPSA) is 72.4 Å². The third-order valence-electron chi connectivity index (χ3n) is 5.27. The second kappa shape index (κ2) is 4.56. The Morgan fingerprint density at radius 3 is 2.86 bits per heavy atom. The highest BCUT2D eigenvalue weighted by Crippen LogP contribution is 2.43. The van der Waals surface area contributed by atoms with E-state index in [0.29, 0.717) is 29.0 Å². The maximum Gasteiger partial charge on any atom is 0.252 e. The van der Waals surface area contributed by atoms with Crippen LogP contribution in [0.15, 0.2) is 22.9 Å². The number of pyridine rings is 1. The molecule has 5 heterocycles. The number of primary amides is 1. The van der Waals surface area contributed by atoms with E-state index in [1.54, 1.807) is 6.20 Å². The number of aromatic nitrogens is 1. The lowest BCUT2D eigenvalue weighted by atomic mass is 9.72. The molecule has 3 saturated heterocycles. The fourth-order valence-corrected chi connectivity index (χ4v) is 4.12. The molecule has 5 heteroatoms. The molecule has 3 aliphatic heterocycles. The monoisotopic (exact) mass is 285 g/mol. The SMILES string of the molecule is C[C@H]1[C@H](c2cc3c(C(N)=O)coc3cn2)C2CCN1CC2. The molecule has 5 rings (SSSR count). The van der Waals surface area contributed by atoms with E-state index in [4.69, 9.17) is 10.2 Å². The molecule has 2 bridgehead atoms. The molecular weight excluding hydrogens is 266 g/mol. The molecule has 2 N–H and O–H groups in total. The maximum absolute atomic E-state index is 11.5. The summed E-state index contributed by atoms with van der Waals surface area (Å²) in [6, 6.07) is 2.51. The molecule has 2 aromatic heterocycles. The first-order valence-corrected chi connectivity index (χ1v) is 7.56. The zero-order valence-corrected chi connectivity index (χ0v) is 12.1. The zero-order valence-electron chi connectivity index (χ0n) is 12.1. The van der Waals surface area contributed by atoms with Crippen LogP contribution in [-0.4, -0.2) is 34.9 Å². The van der Waals surface area contributed by atoms with Gasteiger partial charge in [0.25, 0.3) is 5.91 Å². The molecule has 2 aromatic rings. The highest BCUT2D eigenvalue weighted by atomic mass is 16.3. The van der Waals surface area contributed by atoms with E-state index in [9.17, 15) is 4.79 Å². The highest BCUT2D eigenvalue weighted by molar-refractivity contribution is 6.05. The van der Waals surface area contributed by atoms with Gasteiger partial charge < -0.3 is 10.2 Å². The number of furan rings is 1. The molecule has 3 aliphatic rings. The molecule has 2 atom stereocenters. The predicted octanol–water partition coefficient (Wildman–Crippen LogP) is 2.12. The average molecular weight is 285 g/mol. The lowest BCUT2D eigenvalue weighted by molar-refractivity contribution is 0.0335. The third kappa shape index (κ3) is 1.87. The summed E-state index contributed by atoms with van der Waals surface area (Å²) >= 11 is 0. The van der Waals surface area contributed by atoms with Gasteiger partial charge in [0.15, 0.2) is 5.58 Å². The van der Waals surface area contributed by atoms with Crippen molar-refractivity contribution in [2.45, 2.75) is 31.7 Å². The molecule has 0 saturated carbocycles. The van der Waals surface area contributed by atoms with Crippen molar-refractivity contribution >= 4 is 16.9 Å². The van der Waals surface area contributed by atoms with Crippen LogP contribution in [-0.2, 0) is 0 Å². The van der Waals surface area contributed by atoms with Crippen molar-refractivity contribution in [3.63, 3.8) is 0 Å². The van der Waals surface area contributed by atoms with Crippen LogP contribution >= 0.6 is 0 Å². The molecule has 0 aliphatic carbocycles. The van der Waals surface area contributed by atoms with E-state index in [2.05, 4.69) is 16.8 Å². The Morgan fingerprint density at radius 2 is 2.19 bits per heavy atom. The molecule has 110 valence electrons. The second-order valence-corrected chi connectivity index (χ2v) is 6.26. The zero-order chi connectivity index (χ0) is 14.6. The van der Waals surface area contributed by atoms with E-state index >= 15 is 0 Å². The first-order valence-electron chi connectivity index (χ1n) is 7.56.